The summed E-state index contributed by atoms with van der Waals surface area (Å²) in [6, 6.07) is 12.1. The van der Waals surface area contributed by atoms with Crippen molar-refractivity contribution < 1.29 is 4.74 Å². The monoisotopic (exact) mass is 281 g/mol. The van der Waals surface area contributed by atoms with Crippen molar-refractivity contribution in [1.29, 1.82) is 0 Å². The van der Waals surface area contributed by atoms with E-state index in [9.17, 15) is 4.79 Å². The lowest BCUT2D eigenvalue weighted by molar-refractivity contribution is 0.189. The van der Waals surface area contributed by atoms with Crippen LogP contribution in [-0.4, -0.2) is 18.3 Å². The van der Waals surface area contributed by atoms with Gasteiger partial charge >= 0.3 is 0 Å². The van der Waals surface area contributed by atoms with E-state index >= 15 is 0 Å². The van der Waals surface area contributed by atoms with Crippen molar-refractivity contribution >= 4 is 21.8 Å². The third-order valence-electron chi connectivity index (χ3n) is 3.89. The largest absolute Gasteiger partial charge is 0.383 e. The predicted octanol–water partition coefficient (Wildman–Crippen LogP) is 3.42. The number of benzene rings is 2. The SMILES string of the molecule is COCCn1c2ccc(C)cc2c(=O)c2cc(C)ccc21. The van der Waals surface area contributed by atoms with Gasteiger partial charge in [0.25, 0.3) is 0 Å². The second-order valence-corrected chi connectivity index (χ2v) is 5.51. The molecule has 0 aliphatic carbocycles. The summed E-state index contributed by atoms with van der Waals surface area (Å²) in [4.78, 5) is 12.8. The standard InChI is InChI=1S/C18H19NO2/c1-12-4-6-16-14(10-12)18(20)15-11-13(2)5-7-17(15)19(16)8-9-21-3/h4-7,10-11H,8-9H2,1-3H3. The Morgan fingerprint density at radius 3 is 1.95 bits per heavy atom. The number of pyridine rings is 1. The number of hydrogen-bond donors (Lipinski definition) is 0. The van der Waals surface area contributed by atoms with Crippen molar-refractivity contribution in [1.82, 2.24) is 4.57 Å². The molecule has 1 aromatic heterocycles. The van der Waals surface area contributed by atoms with Gasteiger partial charge in [0.2, 0.25) is 0 Å². The number of hydrogen-bond acceptors (Lipinski definition) is 2. The molecule has 3 aromatic rings. The molecule has 0 N–H and O–H groups in total. The first-order chi connectivity index (χ1) is 10.1. The summed E-state index contributed by atoms with van der Waals surface area (Å²) >= 11 is 0. The third kappa shape index (κ3) is 2.34. The summed E-state index contributed by atoms with van der Waals surface area (Å²) in [6.45, 7) is 5.38. The van der Waals surface area contributed by atoms with Crippen LogP contribution in [0.1, 0.15) is 11.1 Å². The van der Waals surface area contributed by atoms with Crippen molar-refractivity contribution in [2.75, 3.05) is 13.7 Å². The molecule has 3 heteroatoms. The molecule has 0 spiro atoms. The lowest BCUT2D eigenvalue weighted by Gasteiger charge is -2.15. The van der Waals surface area contributed by atoms with Gasteiger partial charge in [0.05, 0.1) is 17.6 Å². The van der Waals surface area contributed by atoms with Crippen molar-refractivity contribution in [3.8, 4) is 0 Å². The topological polar surface area (TPSA) is 31.2 Å². The molecule has 1 heterocycles. The van der Waals surface area contributed by atoms with Crippen LogP contribution in [0, 0.1) is 13.8 Å². The first-order valence-corrected chi connectivity index (χ1v) is 7.14. The summed E-state index contributed by atoms with van der Waals surface area (Å²) in [6.07, 6.45) is 0. The number of rotatable bonds is 3. The number of nitrogens with zero attached hydrogens (tertiary/aromatic N) is 1. The molecule has 2 aromatic carbocycles. The minimum atomic E-state index is 0.112. The van der Waals surface area contributed by atoms with Crippen molar-refractivity contribution in [3.63, 3.8) is 0 Å². The number of aromatic nitrogens is 1. The highest BCUT2D eigenvalue weighted by atomic mass is 16.5. The van der Waals surface area contributed by atoms with Gasteiger partial charge in [0, 0.05) is 24.4 Å². The number of fused-ring (bicyclic) bond motifs is 2. The molecular formula is C18H19NO2. The van der Waals surface area contributed by atoms with Crippen molar-refractivity contribution in [2.45, 2.75) is 20.4 Å². The fraction of sp³-hybridized carbons (Fsp3) is 0.278. The van der Waals surface area contributed by atoms with Gasteiger partial charge in [-0.3, -0.25) is 4.79 Å². The van der Waals surface area contributed by atoms with Gasteiger partial charge in [-0.15, -0.1) is 0 Å². The highest BCUT2D eigenvalue weighted by Crippen LogP contribution is 2.21. The maximum absolute atomic E-state index is 12.8. The fourth-order valence-electron chi connectivity index (χ4n) is 2.83. The van der Waals surface area contributed by atoms with Gasteiger partial charge in [0.1, 0.15) is 0 Å². The zero-order valence-corrected chi connectivity index (χ0v) is 12.6. The fourth-order valence-corrected chi connectivity index (χ4v) is 2.83. The minimum absolute atomic E-state index is 0.112. The van der Waals surface area contributed by atoms with Crippen LogP contribution in [0.25, 0.3) is 21.8 Å². The summed E-state index contributed by atoms with van der Waals surface area (Å²) in [5, 5.41) is 1.56. The number of aryl methyl sites for hydroxylation is 2. The Hall–Kier alpha value is -2.13. The van der Waals surface area contributed by atoms with Gasteiger partial charge in [0.15, 0.2) is 5.43 Å². The van der Waals surface area contributed by atoms with E-state index in [4.69, 9.17) is 4.74 Å². The Bertz CT molecular complexity index is 812. The van der Waals surface area contributed by atoms with Crippen LogP contribution >= 0.6 is 0 Å². The first kappa shape index (κ1) is 13.8. The number of methoxy groups -OCH3 is 1. The van der Waals surface area contributed by atoms with Crippen LogP contribution in [0.3, 0.4) is 0 Å². The zero-order chi connectivity index (χ0) is 15.0. The Morgan fingerprint density at radius 1 is 0.952 bits per heavy atom. The lowest BCUT2D eigenvalue weighted by Crippen LogP contribution is -2.14. The third-order valence-corrected chi connectivity index (χ3v) is 3.89. The van der Waals surface area contributed by atoms with Gasteiger partial charge in [-0.25, -0.2) is 0 Å². The van der Waals surface area contributed by atoms with E-state index in [1.165, 1.54) is 0 Å². The maximum Gasteiger partial charge on any atom is 0.197 e. The lowest BCUT2D eigenvalue weighted by atomic mass is 10.1. The summed E-state index contributed by atoms with van der Waals surface area (Å²) in [5.74, 6) is 0. The molecule has 0 bridgehead atoms. The molecular weight excluding hydrogens is 262 g/mol. The molecule has 0 unspecified atom stereocenters. The molecule has 0 saturated carbocycles. The molecule has 21 heavy (non-hydrogen) atoms. The Balaban J connectivity index is 2.47. The van der Waals surface area contributed by atoms with Crippen LogP contribution < -0.4 is 5.43 Å². The van der Waals surface area contributed by atoms with Crippen LogP contribution in [0.2, 0.25) is 0 Å². The van der Waals surface area contributed by atoms with Crippen LogP contribution in [0.5, 0.6) is 0 Å². The molecule has 0 amide bonds. The average Bonchev–Trinajstić information content (AvgIpc) is 2.48. The van der Waals surface area contributed by atoms with Gasteiger partial charge in [-0.05, 0) is 38.1 Å². The van der Waals surface area contributed by atoms with E-state index in [-0.39, 0.29) is 5.43 Å². The molecule has 3 rings (SSSR count). The quantitative estimate of drug-likeness (QED) is 0.689. The Kier molecular flexibility index (Phi) is 3.52. The highest BCUT2D eigenvalue weighted by molar-refractivity contribution is 5.94. The van der Waals surface area contributed by atoms with Crippen LogP contribution in [0.15, 0.2) is 41.2 Å². The van der Waals surface area contributed by atoms with Crippen LogP contribution in [0.4, 0.5) is 0 Å². The summed E-state index contributed by atoms with van der Waals surface area (Å²) in [7, 11) is 1.70. The predicted molar refractivity (Wildman–Crippen MR) is 87.1 cm³/mol. The molecule has 108 valence electrons. The average molecular weight is 281 g/mol. The van der Waals surface area contributed by atoms with E-state index in [2.05, 4.69) is 4.57 Å². The molecule has 0 fully saturated rings. The van der Waals surface area contributed by atoms with Gasteiger partial charge < -0.3 is 9.30 Å². The van der Waals surface area contributed by atoms with E-state index in [0.717, 1.165) is 39.5 Å². The zero-order valence-electron chi connectivity index (χ0n) is 12.6. The van der Waals surface area contributed by atoms with Crippen molar-refractivity contribution in [2.24, 2.45) is 0 Å². The van der Waals surface area contributed by atoms with Crippen LogP contribution in [-0.2, 0) is 11.3 Å². The molecule has 0 aliphatic heterocycles. The van der Waals surface area contributed by atoms with Gasteiger partial charge in [-0.2, -0.15) is 0 Å². The molecule has 3 nitrogen and oxygen atoms in total. The minimum Gasteiger partial charge on any atom is -0.383 e. The molecule has 0 atom stereocenters. The highest BCUT2D eigenvalue weighted by Gasteiger charge is 2.11. The Morgan fingerprint density at radius 2 is 1.48 bits per heavy atom. The normalized spacial score (nSPS) is 11.4. The van der Waals surface area contributed by atoms with E-state index in [0.29, 0.717) is 6.61 Å². The first-order valence-electron chi connectivity index (χ1n) is 7.14. The van der Waals surface area contributed by atoms with Gasteiger partial charge in [-0.1, -0.05) is 23.3 Å². The Labute approximate surface area is 123 Å². The second-order valence-electron chi connectivity index (χ2n) is 5.51. The smallest absolute Gasteiger partial charge is 0.197 e. The van der Waals surface area contributed by atoms with E-state index in [1.54, 1.807) is 7.11 Å². The second kappa shape index (κ2) is 5.34. The number of ether oxygens (including phenoxy) is 1. The van der Waals surface area contributed by atoms with E-state index < -0.39 is 0 Å². The van der Waals surface area contributed by atoms with Crippen molar-refractivity contribution in [3.05, 3.63) is 57.7 Å². The summed E-state index contributed by atoms with van der Waals surface area (Å²) < 4.78 is 7.40. The molecule has 0 radical (unpaired) electrons. The molecule has 0 saturated heterocycles. The summed E-state index contributed by atoms with van der Waals surface area (Å²) in [5.41, 5.74) is 4.26. The maximum atomic E-state index is 12.8. The molecule has 0 aliphatic rings. The van der Waals surface area contributed by atoms with E-state index in [1.807, 2.05) is 50.2 Å².